The van der Waals surface area contributed by atoms with Crippen molar-refractivity contribution in [3.05, 3.63) is 76.6 Å². The fourth-order valence-corrected chi connectivity index (χ4v) is 5.75. The zero-order valence-corrected chi connectivity index (χ0v) is 22.2. The molecular weight excluding hydrogens is 521 g/mol. The van der Waals surface area contributed by atoms with E-state index in [4.69, 9.17) is 4.74 Å². The number of phenolic OH excluding ortho intramolecular Hbond substituents is 1. The number of benzene rings is 2. The summed E-state index contributed by atoms with van der Waals surface area (Å²) in [4.78, 5) is 38.8. The summed E-state index contributed by atoms with van der Waals surface area (Å²) < 4.78 is 24.0. The molecule has 0 saturated carbocycles. The molecular formula is C30H32FNO8. The number of halogens is 1. The molecule has 212 valence electrons. The van der Waals surface area contributed by atoms with Crippen molar-refractivity contribution in [1.29, 1.82) is 0 Å². The van der Waals surface area contributed by atoms with Crippen molar-refractivity contribution < 1.29 is 43.6 Å². The predicted molar refractivity (Wildman–Crippen MR) is 143 cm³/mol. The number of imide groups is 3. The molecule has 0 bridgehead atoms. The lowest BCUT2D eigenvalue weighted by molar-refractivity contribution is -0.137. The van der Waals surface area contributed by atoms with Gasteiger partial charge in [0, 0.05) is 13.0 Å². The van der Waals surface area contributed by atoms with Gasteiger partial charge in [0.1, 0.15) is 0 Å². The molecule has 4 atom stereocenters. The van der Waals surface area contributed by atoms with Crippen LogP contribution in [-0.4, -0.2) is 71.7 Å². The molecule has 2 aromatic rings. The highest BCUT2D eigenvalue weighted by molar-refractivity contribution is 6.16. The van der Waals surface area contributed by atoms with Gasteiger partial charge in [-0.15, -0.1) is 0 Å². The van der Waals surface area contributed by atoms with Crippen molar-refractivity contribution in [1.82, 2.24) is 4.90 Å². The summed E-state index contributed by atoms with van der Waals surface area (Å²) in [5.41, 5.74) is 3.17. The fraction of sp³-hybridized carbons (Fsp3) is 0.367. The number of hydrogen-bond acceptors (Lipinski definition) is 8. The van der Waals surface area contributed by atoms with E-state index in [1.165, 1.54) is 19.2 Å². The van der Waals surface area contributed by atoms with E-state index >= 15 is 0 Å². The number of aromatic hydroxyl groups is 1. The number of carbonyl (C=O) groups excluding carboxylic acids is 3. The first-order valence-corrected chi connectivity index (χ1v) is 12.9. The van der Waals surface area contributed by atoms with Crippen LogP contribution in [0.5, 0.6) is 5.75 Å². The van der Waals surface area contributed by atoms with Crippen LogP contribution in [0.15, 0.2) is 59.7 Å². The van der Waals surface area contributed by atoms with Gasteiger partial charge in [-0.2, -0.15) is 4.90 Å². The molecule has 3 amide bonds. The highest BCUT2D eigenvalue weighted by Gasteiger charge is 2.57. The summed E-state index contributed by atoms with van der Waals surface area (Å²) in [7, 11) is 2.54. The largest absolute Gasteiger partial charge is 0.505 e. The molecule has 4 rings (SSSR count). The number of methoxy groups -OCH3 is 2. The minimum absolute atomic E-state index is 0.0694. The van der Waals surface area contributed by atoms with E-state index in [1.54, 1.807) is 12.1 Å². The van der Waals surface area contributed by atoms with Crippen LogP contribution in [0.25, 0.3) is 11.6 Å². The van der Waals surface area contributed by atoms with E-state index in [9.17, 15) is 34.1 Å². The number of ether oxygens (including phenoxy) is 2. The molecule has 0 aromatic heterocycles. The number of aliphatic hydroxyl groups excluding tert-OH is 2. The van der Waals surface area contributed by atoms with Crippen molar-refractivity contribution in [3.63, 3.8) is 0 Å². The van der Waals surface area contributed by atoms with E-state index in [-0.39, 0.29) is 19.4 Å². The standard InChI is InChI=1S/C30H32FNO8/c1-39-16-20-14-21-27(29(37)32(28(21)36)30(38)40-2)22(15-33)26(20)25(35)11-9-19(18-6-4-3-5-7-18)12-17-8-10-24(34)23(31)13-17/h3-8,10,12-13,21-22,25,27,33-35H,9,11,14-16H2,1-2H3/b19-12-/t21-,22+,25-,27-/m1/s1. The molecule has 1 aliphatic carbocycles. The first-order valence-electron chi connectivity index (χ1n) is 12.9. The molecule has 2 aromatic carbocycles. The quantitative estimate of drug-likeness (QED) is 0.244. The minimum Gasteiger partial charge on any atom is -0.505 e. The maximum absolute atomic E-state index is 14.0. The zero-order chi connectivity index (χ0) is 29.0. The number of carbonyl (C=O) groups is 3. The Balaban J connectivity index is 1.65. The number of likely N-dealkylation sites (tertiary alicyclic amines) is 1. The molecule has 1 fully saturated rings. The number of amides is 3. The molecule has 0 spiro atoms. The normalized spacial score (nSPS) is 22.0. The van der Waals surface area contributed by atoms with E-state index in [2.05, 4.69) is 4.74 Å². The molecule has 1 aliphatic heterocycles. The molecule has 0 radical (unpaired) electrons. The topological polar surface area (TPSA) is 134 Å². The van der Waals surface area contributed by atoms with Crippen molar-refractivity contribution in [2.75, 3.05) is 27.4 Å². The molecule has 3 N–H and O–H groups in total. The second-order valence-corrected chi connectivity index (χ2v) is 9.90. The van der Waals surface area contributed by atoms with Crippen LogP contribution in [0.4, 0.5) is 9.18 Å². The summed E-state index contributed by atoms with van der Waals surface area (Å²) >= 11 is 0. The monoisotopic (exact) mass is 553 g/mol. The lowest BCUT2D eigenvalue weighted by Crippen LogP contribution is -2.40. The highest BCUT2D eigenvalue weighted by Crippen LogP contribution is 2.46. The maximum atomic E-state index is 14.0. The SMILES string of the molecule is COCC1=C([C@H](O)CC/C(=C/c2ccc(O)c(F)c2)c2ccccc2)[C@H](CO)[C@@H]2C(=O)N(C(=O)OC)C(=O)[C@@H]2C1. The van der Waals surface area contributed by atoms with E-state index in [0.717, 1.165) is 18.2 Å². The first kappa shape index (κ1) is 29.1. The lowest BCUT2D eigenvalue weighted by atomic mass is 9.68. The number of hydrogen-bond donors (Lipinski definition) is 3. The Kier molecular flexibility index (Phi) is 9.14. The Morgan fingerprint density at radius 3 is 2.50 bits per heavy atom. The van der Waals surface area contributed by atoms with Crippen LogP contribution in [-0.2, 0) is 19.1 Å². The van der Waals surface area contributed by atoms with Gasteiger partial charge in [0.25, 0.3) is 0 Å². The van der Waals surface area contributed by atoms with E-state index in [0.29, 0.717) is 28.0 Å². The molecule has 40 heavy (non-hydrogen) atoms. The second-order valence-electron chi connectivity index (χ2n) is 9.90. The molecule has 1 heterocycles. The third-order valence-corrected chi connectivity index (χ3v) is 7.56. The predicted octanol–water partition coefficient (Wildman–Crippen LogP) is 3.54. The van der Waals surface area contributed by atoms with Crippen LogP contribution < -0.4 is 0 Å². The van der Waals surface area contributed by atoms with Crippen molar-refractivity contribution in [2.24, 2.45) is 17.8 Å². The zero-order valence-electron chi connectivity index (χ0n) is 22.2. The van der Waals surface area contributed by atoms with Gasteiger partial charge < -0.3 is 24.8 Å². The van der Waals surface area contributed by atoms with Crippen molar-refractivity contribution in [2.45, 2.75) is 25.4 Å². The number of fused-ring (bicyclic) bond motifs is 1. The van der Waals surface area contributed by atoms with Gasteiger partial charge in [-0.05, 0) is 59.2 Å². The Hall–Kier alpha value is -3.86. The molecule has 2 aliphatic rings. The minimum atomic E-state index is -1.11. The number of aliphatic hydroxyl groups is 2. The third kappa shape index (κ3) is 5.70. The van der Waals surface area contributed by atoms with Crippen LogP contribution in [0.1, 0.15) is 30.4 Å². The van der Waals surface area contributed by atoms with Gasteiger partial charge in [0.05, 0.1) is 38.3 Å². The van der Waals surface area contributed by atoms with Crippen LogP contribution >= 0.6 is 0 Å². The van der Waals surface area contributed by atoms with Gasteiger partial charge in [-0.1, -0.05) is 42.5 Å². The summed E-state index contributed by atoms with van der Waals surface area (Å²) in [5, 5.41) is 31.4. The van der Waals surface area contributed by atoms with Gasteiger partial charge in [-0.3, -0.25) is 9.59 Å². The summed E-state index contributed by atoms with van der Waals surface area (Å²) in [6.45, 7) is -0.455. The number of allylic oxidation sites excluding steroid dienone is 1. The third-order valence-electron chi connectivity index (χ3n) is 7.56. The first-order chi connectivity index (χ1) is 19.2. The van der Waals surface area contributed by atoms with Gasteiger partial charge in [0.2, 0.25) is 11.8 Å². The van der Waals surface area contributed by atoms with Crippen LogP contribution in [0.3, 0.4) is 0 Å². The number of phenols is 1. The highest BCUT2D eigenvalue weighted by atomic mass is 19.1. The smallest absolute Gasteiger partial charge is 0.423 e. The van der Waals surface area contributed by atoms with E-state index < -0.39 is 59.9 Å². The number of rotatable bonds is 9. The second kappa shape index (κ2) is 12.5. The van der Waals surface area contributed by atoms with Gasteiger partial charge in [-0.25, -0.2) is 9.18 Å². The fourth-order valence-electron chi connectivity index (χ4n) is 5.75. The van der Waals surface area contributed by atoms with Gasteiger partial charge in [0.15, 0.2) is 11.6 Å². The van der Waals surface area contributed by atoms with E-state index in [1.807, 2.05) is 30.3 Å². The van der Waals surface area contributed by atoms with Crippen LogP contribution in [0.2, 0.25) is 0 Å². The molecule has 10 heteroatoms. The van der Waals surface area contributed by atoms with Crippen LogP contribution in [0, 0.1) is 23.6 Å². The average molecular weight is 554 g/mol. The lowest BCUT2D eigenvalue weighted by Gasteiger charge is -2.36. The summed E-state index contributed by atoms with van der Waals surface area (Å²) in [6.07, 6.45) is 0.184. The molecule has 0 unspecified atom stereocenters. The van der Waals surface area contributed by atoms with Crippen molar-refractivity contribution in [3.8, 4) is 5.75 Å². The Labute approximate surface area is 231 Å². The Morgan fingerprint density at radius 1 is 1.15 bits per heavy atom. The summed E-state index contributed by atoms with van der Waals surface area (Å²) in [5.74, 6) is -5.47. The molecule has 1 saturated heterocycles. The average Bonchev–Trinajstić information content (AvgIpc) is 3.21. The Morgan fingerprint density at radius 2 is 1.88 bits per heavy atom. The molecule has 9 nitrogen and oxygen atoms in total. The number of nitrogens with zero attached hydrogens (tertiary/aromatic N) is 1. The van der Waals surface area contributed by atoms with Gasteiger partial charge >= 0.3 is 6.09 Å². The maximum Gasteiger partial charge on any atom is 0.423 e. The summed E-state index contributed by atoms with van der Waals surface area (Å²) in [6, 6.07) is 13.4. The Bertz CT molecular complexity index is 1340. The van der Waals surface area contributed by atoms with Crippen molar-refractivity contribution >= 4 is 29.6 Å².